The summed E-state index contributed by atoms with van der Waals surface area (Å²) in [5.74, 6) is 0.403. The molecule has 0 radical (unpaired) electrons. The second-order valence-corrected chi connectivity index (χ2v) is 6.67. The normalized spacial score (nSPS) is 10.2. The molecule has 0 saturated carbocycles. The Morgan fingerprint density at radius 3 is 2.37 bits per heavy atom. The van der Waals surface area contributed by atoms with E-state index in [1.165, 1.54) is 5.56 Å². The first kappa shape index (κ1) is 20.9. The van der Waals surface area contributed by atoms with Gasteiger partial charge < -0.3 is 20.7 Å². The van der Waals surface area contributed by atoms with Crippen LogP contribution in [0.4, 0.5) is 11.4 Å². The van der Waals surface area contributed by atoms with Crippen LogP contribution in [0.25, 0.3) is 0 Å². The Bertz CT molecular complexity index is 973. The lowest BCUT2D eigenvalue weighted by atomic mass is 10.2. The van der Waals surface area contributed by atoms with Crippen molar-refractivity contribution in [2.75, 3.05) is 30.8 Å². The molecule has 6 heteroatoms. The summed E-state index contributed by atoms with van der Waals surface area (Å²) in [4.78, 5) is 23.9. The molecule has 0 fully saturated rings. The molecule has 3 rings (SSSR count). The van der Waals surface area contributed by atoms with Crippen molar-refractivity contribution < 1.29 is 14.3 Å². The summed E-state index contributed by atoms with van der Waals surface area (Å²) in [5.41, 5.74) is 3.16. The molecule has 0 aliphatic rings. The molecule has 3 aromatic carbocycles. The zero-order valence-corrected chi connectivity index (χ0v) is 16.9. The predicted molar refractivity (Wildman–Crippen MR) is 119 cm³/mol. The molecule has 3 N–H and O–H groups in total. The third kappa shape index (κ3) is 6.38. The van der Waals surface area contributed by atoms with Crippen LogP contribution < -0.4 is 20.7 Å². The largest absolute Gasteiger partial charge is 0.493 e. The number of ether oxygens (including phenoxy) is 1. The summed E-state index contributed by atoms with van der Waals surface area (Å²) >= 11 is 0. The van der Waals surface area contributed by atoms with E-state index in [1.807, 2.05) is 42.5 Å². The first-order valence-corrected chi connectivity index (χ1v) is 9.77. The molecule has 2 amide bonds. The topological polar surface area (TPSA) is 79.5 Å². The number of nitrogens with one attached hydrogen (secondary N) is 3. The maximum Gasteiger partial charge on any atom is 0.251 e. The number of carbonyl (C=O) groups excluding carboxylic acids is 2. The van der Waals surface area contributed by atoms with Crippen LogP contribution in [0.15, 0.2) is 78.9 Å². The minimum absolute atomic E-state index is 0.0898. The summed E-state index contributed by atoms with van der Waals surface area (Å²) in [7, 11) is 1.58. The Hall–Kier alpha value is -3.80. The van der Waals surface area contributed by atoms with Gasteiger partial charge in [-0.2, -0.15) is 0 Å². The summed E-state index contributed by atoms with van der Waals surface area (Å²) in [5, 5.41) is 8.43. The molecular weight excluding hydrogens is 378 g/mol. The van der Waals surface area contributed by atoms with Gasteiger partial charge in [0.15, 0.2) is 0 Å². The molecular formula is C24H25N3O3. The average Bonchev–Trinajstić information content (AvgIpc) is 2.79. The summed E-state index contributed by atoms with van der Waals surface area (Å²) < 4.78 is 5.76. The van der Waals surface area contributed by atoms with E-state index in [2.05, 4.69) is 28.1 Å². The lowest BCUT2D eigenvalue weighted by Crippen LogP contribution is -2.22. The molecule has 0 atom stereocenters. The minimum atomic E-state index is -0.182. The monoisotopic (exact) mass is 403 g/mol. The van der Waals surface area contributed by atoms with Crippen molar-refractivity contribution in [2.45, 2.75) is 6.42 Å². The highest BCUT2D eigenvalue weighted by Crippen LogP contribution is 2.16. The molecule has 30 heavy (non-hydrogen) atoms. The Kier molecular flexibility index (Phi) is 7.44. The van der Waals surface area contributed by atoms with Crippen molar-refractivity contribution >= 4 is 23.2 Å². The Balaban J connectivity index is 1.43. The second kappa shape index (κ2) is 10.7. The predicted octanol–water partition coefficient (Wildman–Crippen LogP) is 3.72. The van der Waals surface area contributed by atoms with Gasteiger partial charge in [0, 0.05) is 30.4 Å². The summed E-state index contributed by atoms with van der Waals surface area (Å²) in [6.45, 7) is 0.682. The fourth-order valence-electron chi connectivity index (χ4n) is 2.87. The standard InChI is InChI=1S/C24H25N3O3/c1-25-24(29)19-8-5-9-21(16-19)26-17-23(28)27-20-10-12-22(13-11-20)30-15-14-18-6-3-2-4-7-18/h2-13,16,26H,14-15,17H2,1H3,(H,25,29)(H,27,28). The van der Waals surface area contributed by atoms with E-state index in [1.54, 1.807) is 31.3 Å². The Morgan fingerprint density at radius 1 is 0.867 bits per heavy atom. The average molecular weight is 403 g/mol. The molecule has 0 saturated heterocycles. The zero-order chi connectivity index (χ0) is 21.2. The van der Waals surface area contributed by atoms with Crippen LogP contribution in [0, 0.1) is 0 Å². The van der Waals surface area contributed by atoms with Crippen molar-refractivity contribution in [3.05, 3.63) is 90.0 Å². The number of benzene rings is 3. The van der Waals surface area contributed by atoms with Gasteiger partial charge >= 0.3 is 0 Å². The van der Waals surface area contributed by atoms with Crippen LogP contribution in [-0.2, 0) is 11.2 Å². The first-order valence-electron chi connectivity index (χ1n) is 9.77. The van der Waals surface area contributed by atoms with Gasteiger partial charge in [-0.25, -0.2) is 0 Å². The second-order valence-electron chi connectivity index (χ2n) is 6.67. The van der Waals surface area contributed by atoms with Gasteiger partial charge in [-0.1, -0.05) is 36.4 Å². The summed E-state index contributed by atoms with van der Waals surface area (Å²) in [6.07, 6.45) is 0.839. The molecule has 0 spiro atoms. The first-order chi connectivity index (χ1) is 14.6. The number of carbonyl (C=O) groups is 2. The van der Waals surface area contributed by atoms with Crippen LogP contribution in [0.1, 0.15) is 15.9 Å². The van der Waals surface area contributed by atoms with Crippen molar-refractivity contribution in [2.24, 2.45) is 0 Å². The lowest BCUT2D eigenvalue weighted by Gasteiger charge is -2.10. The van der Waals surface area contributed by atoms with Crippen molar-refractivity contribution in [3.63, 3.8) is 0 Å². The van der Waals surface area contributed by atoms with E-state index in [-0.39, 0.29) is 18.4 Å². The fraction of sp³-hybridized carbons (Fsp3) is 0.167. The molecule has 3 aromatic rings. The molecule has 0 heterocycles. The zero-order valence-electron chi connectivity index (χ0n) is 16.9. The quantitative estimate of drug-likeness (QED) is 0.509. The van der Waals surface area contributed by atoms with Crippen molar-refractivity contribution in [3.8, 4) is 5.75 Å². The molecule has 0 aliphatic heterocycles. The maximum absolute atomic E-state index is 12.2. The SMILES string of the molecule is CNC(=O)c1cccc(NCC(=O)Nc2ccc(OCCc3ccccc3)cc2)c1. The van der Waals surface area contributed by atoms with E-state index in [0.29, 0.717) is 23.5 Å². The van der Waals surface area contributed by atoms with Gasteiger partial charge in [0.2, 0.25) is 5.91 Å². The maximum atomic E-state index is 12.2. The molecule has 0 unspecified atom stereocenters. The Labute approximate surface area is 176 Å². The van der Waals surface area contributed by atoms with E-state index in [4.69, 9.17) is 4.74 Å². The minimum Gasteiger partial charge on any atom is -0.493 e. The third-order valence-corrected chi connectivity index (χ3v) is 4.45. The van der Waals surface area contributed by atoms with Crippen molar-refractivity contribution in [1.29, 1.82) is 0 Å². The number of rotatable bonds is 9. The van der Waals surface area contributed by atoms with Gasteiger partial charge in [-0.3, -0.25) is 9.59 Å². The molecule has 6 nitrogen and oxygen atoms in total. The van der Waals surface area contributed by atoms with E-state index in [0.717, 1.165) is 12.2 Å². The lowest BCUT2D eigenvalue weighted by molar-refractivity contribution is -0.114. The highest BCUT2D eigenvalue weighted by Gasteiger charge is 2.06. The van der Waals surface area contributed by atoms with Crippen LogP contribution in [0.3, 0.4) is 0 Å². The highest BCUT2D eigenvalue weighted by molar-refractivity contribution is 5.96. The molecule has 0 bridgehead atoms. The highest BCUT2D eigenvalue weighted by atomic mass is 16.5. The smallest absolute Gasteiger partial charge is 0.251 e. The van der Waals surface area contributed by atoms with E-state index in [9.17, 15) is 9.59 Å². The van der Waals surface area contributed by atoms with Crippen LogP contribution in [-0.4, -0.2) is 32.0 Å². The fourth-order valence-corrected chi connectivity index (χ4v) is 2.87. The van der Waals surface area contributed by atoms with Gasteiger partial charge in [-0.15, -0.1) is 0 Å². The molecule has 154 valence electrons. The summed E-state index contributed by atoms with van der Waals surface area (Å²) in [6, 6.07) is 24.4. The van der Waals surface area contributed by atoms with Crippen LogP contribution >= 0.6 is 0 Å². The van der Waals surface area contributed by atoms with Gasteiger partial charge in [0.25, 0.3) is 5.91 Å². The van der Waals surface area contributed by atoms with Gasteiger partial charge in [0.1, 0.15) is 5.75 Å². The van der Waals surface area contributed by atoms with Crippen LogP contribution in [0.2, 0.25) is 0 Å². The van der Waals surface area contributed by atoms with E-state index < -0.39 is 0 Å². The van der Waals surface area contributed by atoms with Crippen LogP contribution in [0.5, 0.6) is 5.75 Å². The molecule has 0 aliphatic carbocycles. The van der Waals surface area contributed by atoms with Gasteiger partial charge in [0.05, 0.1) is 13.2 Å². The molecule has 0 aromatic heterocycles. The Morgan fingerprint density at radius 2 is 1.63 bits per heavy atom. The number of hydrogen-bond acceptors (Lipinski definition) is 4. The number of hydrogen-bond donors (Lipinski definition) is 3. The number of amides is 2. The van der Waals surface area contributed by atoms with E-state index >= 15 is 0 Å². The van der Waals surface area contributed by atoms with Crippen molar-refractivity contribution in [1.82, 2.24) is 5.32 Å². The number of anilines is 2. The van der Waals surface area contributed by atoms with Gasteiger partial charge in [-0.05, 0) is 48.0 Å². The third-order valence-electron chi connectivity index (χ3n) is 4.45.